The molecule has 0 radical (unpaired) electrons. The minimum Gasteiger partial charge on any atom is -0.310 e. The van der Waals surface area contributed by atoms with Crippen molar-refractivity contribution in [3.8, 4) is 0 Å². The Kier molecular flexibility index (Phi) is 3.22. The molecule has 1 amide bonds. The first-order chi connectivity index (χ1) is 5.72. The molecule has 4 heteroatoms. The summed E-state index contributed by atoms with van der Waals surface area (Å²) < 4.78 is 0. The van der Waals surface area contributed by atoms with Crippen LogP contribution in [0.3, 0.4) is 0 Å². The van der Waals surface area contributed by atoms with Crippen molar-refractivity contribution >= 4 is 23.1 Å². The highest BCUT2D eigenvalue weighted by molar-refractivity contribution is 7.09. The molecule has 1 aromatic rings. The van der Waals surface area contributed by atoms with E-state index >= 15 is 0 Å². The maximum Gasteiger partial charge on any atom is 0.225 e. The van der Waals surface area contributed by atoms with Gasteiger partial charge in [0.25, 0.3) is 0 Å². The number of amides is 1. The van der Waals surface area contributed by atoms with E-state index in [1.54, 1.807) is 0 Å². The van der Waals surface area contributed by atoms with Gasteiger partial charge in [0.15, 0.2) is 0 Å². The largest absolute Gasteiger partial charge is 0.310 e. The number of nitrogens with one attached hydrogen (secondary N) is 1. The van der Waals surface area contributed by atoms with Gasteiger partial charge in [-0.3, -0.25) is 4.79 Å². The van der Waals surface area contributed by atoms with Crippen molar-refractivity contribution in [2.24, 2.45) is 0 Å². The summed E-state index contributed by atoms with van der Waals surface area (Å²) in [6.45, 7) is 3.89. The summed E-state index contributed by atoms with van der Waals surface area (Å²) in [5.74, 6) is 0.721. The number of aromatic nitrogens is 1. The SMILES string of the molecule is CCCC(=O)Nc1csc(C)n1. The Balaban J connectivity index is 2.46. The third-order valence-electron chi connectivity index (χ3n) is 1.36. The monoisotopic (exact) mass is 184 g/mol. The molecule has 0 aromatic carbocycles. The molecular formula is C8H12N2OS. The first-order valence-corrected chi connectivity index (χ1v) is 4.82. The van der Waals surface area contributed by atoms with Crippen LogP contribution in [0.1, 0.15) is 24.8 Å². The number of aryl methyl sites for hydroxylation is 1. The molecule has 0 saturated heterocycles. The number of hydrogen-bond donors (Lipinski definition) is 1. The van der Waals surface area contributed by atoms with Crippen molar-refractivity contribution in [3.63, 3.8) is 0 Å². The van der Waals surface area contributed by atoms with Gasteiger partial charge >= 0.3 is 0 Å². The molecule has 12 heavy (non-hydrogen) atoms. The Bertz CT molecular complexity index is 270. The number of anilines is 1. The van der Waals surface area contributed by atoms with Gasteiger partial charge in [0.05, 0.1) is 5.01 Å². The van der Waals surface area contributed by atoms with Crippen LogP contribution < -0.4 is 5.32 Å². The fraction of sp³-hybridized carbons (Fsp3) is 0.500. The average molecular weight is 184 g/mol. The Hall–Kier alpha value is -0.900. The maximum atomic E-state index is 11.1. The number of nitrogens with zero attached hydrogens (tertiary/aromatic N) is 1. The van der Waals surface area contributed by atoms with Gasteiger partial charge in [-0.2, -0.15) is 0 Å². The van der Waals surface area contributed by atoms with E-state index in [2.05, 4.69) is 10.3 Å². The smallest absolute Gasteiger partial charge is 0.225 e. The van der Waals surface area contributed by atoms with Gasteiger partial charge in [0.2, 0.25) is 5.91 Å². The first kappa shape index (κ1) is 9.19. The Morgan fingerprint density at radius 3 is 3.00 bits per heavy atom. The van der Waals surface area contributed by atoms with Crippen LogP contribution in [0.5, 0.6) is 0 Å². The van der Waals surface area contributed by atoms with Crippen molar-refractivity contribution in [1.82, 2.24) is 4.98 Å². The quantitative estimate of drug-likeness (QED) is 0.782. The van der Waals surface area contributed by atoms with Crippen LogP contribution >= 0.6 is 11.3 Å². The highest BCUT2D eigenvalue weighted by Crippen LogP contribution is 2.12. The van der Waals surface area contributed by atoms with Crippen LogP contribution in [0.25, 0.3) is 0 Å². The molecule has 0 aliphatic carbocycles. The maximum absolute atomic E-state index is 11.1. The lowest BCUT2D eigenvalue weighted by Gasteiger charge is -1.97. The van der Waals surface area contributed by atoms with Gasteiger partial charge in [-0.1, -0.05) is 6.92 Å². The van der Waals surface area contributed by atoms with Crippen LogP contribution in [0.2, 0.25) is 0 Å². The number of carbonyl (C=O) groups excluding carboxylic acids is 1. The zero-order valence-corrected chi connectivity index (χ0v) is 8.07. The molecule has 0 spiro atoms. The second-order valence-electron chi connectivity index (χ2n) is 2.55. The molecule has 0 saturated carbocycles. The summed E-state index contributed by atoms with van der Waals surface area (Å²) >= 11 is 1.54. The molecule has 66 valence electrons. The van der Waals surface area contributed by atoms with Crippen molar-refractivity contribution in [1.29, 1.82) is 0 Å². The van der Waals surface area contributed by atoms with Gasteiger partial charge in [0.1, 0.15) is 5.82 Å². The number of rotatable bonds is 3. The number of carbonyl (C=O) groups is 1. The second-order valence-corrected chi connectivity index (χ2v) is 3.61. The van der Waals surface area contributed by atoms with E-state index in [-0.39, 0.29) is 5.91 Å². The molecule has 0 atom stereocenters. The Labute approximate surface area is 75.8 Å². The number of thiazole rings is 1. The minimum absolute atomic E-state index is 0.0443. The van der Waals surface area contributed by atoms with Gasteiger partial charge < -0.3 is 5.32 Å². The van der Waals surface area contributed by atoms with Crippen molar-refractivity contribution in [3.05, 3.63) is 10.4 Å². The summed E-state index contributed by atoms with van der Waals surface area (Å²) in [4.78, 5) is 15.2. The second kappa shape index (κ2) is 4.21. The van der Waals surface area contributed by atoms with Crippen LogP contribution in [0.15, 0.2) is 5.38 Å². The predicted octanol–water partition coefficient (Wildman–Crippen LogP) is 2.19. The summed E-state index contributed by atoms with van der Waals surface area (Å²) in [6, 6.07) is 0. The zero-order chi connectivity index (χ0) is 8.97. The Morgan fingerprint density at radius 2 is 2.50 bits per heavy atom. The van der Waals surface area contributed by atoms with Crippen molar-refractivity contribution in [2.75, 3.05) is 5.32 Å². The van der Waals surface area contributed by atoms with Crippen LogP contribution in [0.4, 0.5) is 5.82 Å². The highest BCUT2D eigenvalue weighted by atomic mass is 32.1. The van der Waals surface area contributed by atoms with E-state index in [9.17, 15) is 4.79 Å². The highest BCUT2D eigenvalue weighted by Gasteiger charge is 2.02. The van der Waals surface area contributed by atoms with E-state index in [0.29, 0.717) is 12.2 Å². The summed E-state index contributed by atoms with van der Waals surface area (Å²) in [6.07, 6.45) is 1.44. The summed E-state index contributed by atoms with van der Waals surface area (Å²) in [7, 11) is 0. The lowest BCUT2D eigenvalue weighted by Crippen LogP contribution is -2.10. The zero-order valence-electron chi connectivity index (χ0n) is 7.26. The molecule has 1 aromatic heterocycles. The molecule has 3 nitrogen and oxygen atoms in total. The van der Waals surface area contributed by atoms with Crippen LogP contribution in [-0.4, -0.2) is 10.9 Å². The molecule has 0 bridgehead atoms. The Morgan fingerprint density at radius 1 is 1.75 bits per heavy atom. The molecule has 0 aliphatic rings. The number of hydrogen-bond acceptors (Lipinski definition) is 3. The minimum atomic E-state index is 0.0443. The molecule has 1 rings (SSSR count). The van der Waals surface area contributed by atoms with Gasteiger partial charge in [-0.05, 0) is 13.3 Å². The van der Waals surface area contributed by atoms with Crippen molar-refractivity contribution in [2.45, 2.75) is 26.7 Å². The van der Waals surface area contributed by atoms with Gasteiger partial charge in [0, 0.05) is 11.8 Å². The summed E-state index contributed by atoms with van der Waals surface area (Å²) in [5, 5.41) is 5.55. The molecule has 0 fully saturated rings. The van der Waals surface area contributed by atoms with Gasteiger partial charge in [-0.25, -0.2) is 4.98 Å². The predicted molar refractivity (Wildman–Crippen MR) is 50.4 cm³/mol. The van der Waals surface area contributed by atoms with E-state index in [4.69, 9.17) is 0 Å². The van der Waals surface area contributed by atoms with E-state index in [1.165, 1.54) is 11.3 Å². The fourth-order valence-corrected chi connectivity index (χ4v) is 1.40. The lowest BCUT2D eigenvalue weighted by atomic mass is 10.3. The van der Waals surface area contributed by atoms with E-state index in [1.807, 2.05) is 19.2 Å². The standard InChI is InChI=1S/C8H12N2OS/c1-3-4-8(11)10-7-5-12-6(2)9-7/h5H,3-4H2,1-2H3,(H,10,11). The first-order valence-electron chi connectivity index (χ1n) is 3.94. The molecule has 0 aliphatic heterocycles. The third kappa shape index (κ3) is 2.62. The summed E-state index contributed by atoms with van der Waals surface area (Å²) in [5.41, 5.74) is 0. The molecule has 1 N–H and O–H groups in total. The normalized spacial score (nSPS) is 9.83. The molecule has 0 unspecified atom stereocenters. The van der Waals surface area contributed by atoms with Crippen molar-refractivity contribution < 1.29 is 4.79 Å². The van der Waals surface area contributed by atoms with E-state index in [0.717, 1.165) is 11.4 Å². The third-order valence-corrected chi connectivity index (χ3v) is 2.14. The molecule has 1 heterocycles. The lowest BCUT2D eigenvalue weighted by molar-refractivity contribution is -0.116. The molecular weight excluding hydrogens is 172 g/mol. The van der Waals surface area contributed by atoms with E-state index < -0.39 is 0 Å². The van der Waals surface area contributed by atoms with Crippen LogP contribution in [-0.2, 0) is 4.79 Å². The fourth-order valence-electron chi connectivity index (χ4n) is 0.853. The average Bonchev–Trinajstić information content (AvgIpc) is 2.36. The topological polar surface area (TPSA) is 42.0 Å². The van der Waals surface area contributed by atoms with Crippen LogP contribution in [0, 0.1) is 6.92 Å². The van der Waals surface area contributed by atoms with Gasteiger partial charge in [-0.15, -0.1) is 11.3 Å².